The van der Waals surface area contributed by atoms with Crippen LogP contribution in [0, 0.1) is 0 Å². The van der Waals surface area contributed by atoms with Gasteiger partial charge in [-0.25, -0.2) is 8.78 Å². The van der Waals surface area contributed by atoms with Gasteiger partial charge in [0.2, 0.25) is 0 Å². The first-order valence-electron chi connectivity index (χ1n) is 7.69. The largest absolute Gasteiger partial charge is 0.573 e. The van der Waals surface area contributed by atoms with E-state index in [1.807, 2.05) is 0 Å². The number of rotatable bonds is 5. The SMILES string of the molecule is CN(Cc1cccc(OC(F)(F)F)c1)C(=O)C(=O)Nc1cn(C)nc1C(F)F. The summed E-state index contributed by atoms with van der Waals surface area (Å²) in [5, 5.41) is 5.55. The molecule has 152 valence electrons. The number of aryl methyl sites for hydroxylation is 1. The number of carbonyl (C=O) groups excluding carboxylic acids is 2. The van der Waals surface area contributed by atoms with E-state index in [1.165, 1.54) is 26.2 Å². The van der Waals surface area contributed by atoms with Crippen molar-refractivity contribution in [3.8, 4) is 5.75 Å². The number of ether oxygens (including phenoxy) is 1. The highest BCUT2D eigenvalue weighted by atomic mass is 19.4. The van der Waals surface area contributed by atoms with Crippen LogP contribution in [0.25, 0.3) is 0 Å². The molecule has 2 rings (SSSR count). The van der Waals surface area contributed by atoms with Gasteiger partial charge in [0.25, 0.3) is 6.43 Å². The van der Waals surface area contributed by atoms with E-state index in [-0.39, 0.29) is 17.8 Å². The van der Waals surface area contributed by atoms with Crippen LogP contribution in [0.5, 0.6) is 5.75 Å². The molecule has 0 radical (unpaired) electrons. The average molecular weight is 406 g/mol. The molecule has 0 fully saturated rings. The van der Waals surface area contributed by atoms with E-state index in [2.05, 4.69) is 15.2 Å². The Morgan fingerprint density at radius 1 is 1.32 bits per heavy atom. The van der Waals surface area contributed by atoms with E-state index in [0.717, 1.165) is 27.9 Å². The van der Waals surface area contributed by atoms with E-state index in [0.29, 0.717) is 0 Å². The van der Waals surface area contributed by atoms with Gasteiger partial charge in [0.1, 0.15) is 5.75 Å². The number of amides is 2. The van der Waals surface area contributed by atoms with Gasteiger partial charge >= 0.3 is 18.2 Å². The second-order valence-electron chi connectivity index (χ2n) is 5.71. The minimum absolute atomic E-state index is 0.212. The number of hydrogen-bond donors (Lipinski definition) is 1. The molecular formula is C16H15F5N4O3. The van der Waals surface area contributed by atoms with E-state index < -0.39 is 36.0 Å². The number of alkyl halides is 5. The molecule has 0 aliphatic carbocycles. The minimum Gasteiger partial charge on any atom is -0.406 e. The fourth-order valence-electron chi connectivity index (χ4n) is 2.30. The number of anilines is 1. The van der Waals surface area contributed by atoms with Crippen molar-refractivity contribution in [2.75, 3.05) is 12.4 Å². The van der Waals surface area contributed by atoms with E-state index in [4.69, 9.17) is 0 Å². The molecule has 2 amide bonds. The van der Waals surface area contributed by atoms with Gasteiger partial charge in [-0.3, -0.25) is 14.3 Å². The van der Waals surface area contributed by atoms with Gasteiger partial charge in [-0.2, -0.15) is 5.10 Å². The van der Waals surface area contributed by atoms with Crippen LogP contribution in [-0.2, 0) is 23.2 Å². The molecule has 1 N–H and O–H groups in total. The van der Waals surface area contributed by atoms with Crippen molar-refractivity contribution >= 4 is 17.5 Å². The number of carbonyl (C=O) groups is 2. The van der Waals surface area contributed by atoms with Crippen LogP contribution in [0.1, 0.15) is 17.7 Å². The Bertz CT molecular complexity index is 866. The monoisotopic (exact) mass is 406 g/mol. The summed E-state index contributed by atoms with van der Waals surface area (Å²) in [6, 6.07) is 4.87. The molecule has 7 nitrogen and oxygen atoms in total. The first kappa shape index (κ1) is 21.1. The summed E-state index contributed by atoms with van der Waals surface area (Å²) in [5.41, 5.74) is -0.742. The van der Waals surface area contributed by atoms with E-state index in [1.54, 1.807) is 0 Å². The number of hydrogen-bond acceptors (Lipinski definition) is 4. The third-order valence-corrected chi connectivity index (χ3v) is 3.40. The smallest absolute Gasteiger partial charge is 0.406 e. The van der Waals surface area contributed by atoms with Gasteiger partial charge < -0.3 is 15.0 Å². The van der Waals surface area contributed by atoms with Crippen molar-refractivity contribution in [3.05, 3.63) is 41.7 Å². The van der Waals surface area contributed by atoms with Crippen molar-refractivity contribution < 1.29 is 36.3 Å². The van der Waals surface area contributed by atoms with Crippen LogP contribution >= 0.6 is 0 Å². The van der Waals surface area contributed by atoms with Crippen LogP contribution < -0.4 is 10.1 Å². The summed E-state index contributed by atoms with van der Waals surface area (Å²) in [6.45, 7) is -0.212. The molecule has 12 heteroatoms. The summed E-state index contributed by atoms with van der Waals surface area (Å²) >= 11 is 0. The van der Waals surface area contributed by atoms with Crippen molar-refractivity contribution in [2.45, 2.75) is 19.3 Å². The predicted octanol–water partition coefficient (Wildman–Crippen LogP) is 2.85. The number of likely N-dealkylation sites (N-methyl/N-ethyl adjacent to an activating group) is 1. The predicted molar refractivity (Wildman–Crippen MR) is 86.4 cm³/mol. The number of nitrogens with one attached hydrogen (secondary N) is 1. The molecule has 28 heavy (non-hydrogen) atoms. The van der Waals surface area contributed by atoms with Crippen LogP contribution in [0.3, 0.4) is 0 Å². The quantitative estimate of drug-likeness (QED) is 0.612. The molecule has 0 saturated heterocycles. The Morgan fingerprint density at radius 2 is 2.00 bits per heavy atom. The maximum atomic E-state index is 12.9. The standard InChI is InChI=1S/C16H15F5N4O3/c1-24(7-9-4-3-5-10(6-9)28-16(19,20)21)15(27)14(26)22-11-8-25(2)23-12(11)13(17)18/h3-6,8,13H,7H2,1-2H3,(H,22,26). The normalized spacial score (nSPS) is 11.4. The molecule has 1 aromatic heterocycles. The lowest BCUT2D eigenvalue weighted by Gasteiger charge is -2.17. The second kappa shape index (κ2) is 8.23. The highest BCUT2D eigenvalue weighted by Crippen LogP contribution is 2.25. The number of nitrogens with zero attached hydrogens (tertiary/aromatic N) is 3. The lowest BCUT2D eigenvalue weighted by Crippen LogP contribution is -2.36. The lowest BCUT2D eigenvalue weighted by molar-refractivity contribution is -0.274. The zero-order valence-corrected chi connectivity index (χ0v) is 14.6. The van der Waals surface area contributed by atoms with Gasteiger partial charge in [-0.15, -0.1) is 13.2 Å². The second-order valence-corrected chi connectivity index (χ2v) is 5.71. The summed E-state index contributed by atoms with van der Waals surface area (Å²) in [4.78, 5) is 25.1. The average Bonchev–Trinajstić information content (AvgIpc) is 2.93. The Balaban J connectivity index is 2.04. The van der Waals surface area contributed by atoms with Crippen molar-refractivity contribution in [2.24, 2.45) is 7.05 Å². The molecular weight excluding hydrogens is 391 g/mol. The zero-order valence-electron chi connectivity index (χ0n) is 14.6. The molecule has 0 spiro atoms. The van der Waals surface area contributed by atoms with Crippen molar-refractivity contribution in [1.29, 1.82) is 0 Å². The Hall–Kier alpha value is -3.18. The van der Waals surface area contributed by atoms with Gasteiger partial charge in [0.05, 0.1) is 5.69 Å². The minimum atomic E-state index is -4.87. The molecule has 0 aliphatic rings. The van der Waals surface area contributed by atoms with E-state index in [9.17, 15) is 31.5 Å². The fraction of sp³-hybridized carbons (Fsp3) is 0.312. The van der Waals surface area contributed by atoms with Gasteiger partial charge in [-0.1, -0.05) is 12.1 Å². The maximum absolute atomic E-state index is 12.9. The molecule has 0 saturated carbocycles. The highest BCUT2D eigenvalue weighted by molar-refractivity contribution is 6.39. The fourth-order valence-corrected chi connectivity index (χ4v) is 2.30. The number of aromatic nitrogens is 2. The molecule has 0 bridgehead atoms. The molecule has 0 aliphatic heterocycles. The molecule has 1 aromatic carbocycles. The summed E-state index contributed by atoms with van der Waals surface area (Å²) in [7, 11) is 2.60. The number of halogens is 5. The third kappa shape index (κ3) is 5.66. The van der Waals surface area contributed by atoms with Crippen LogP contribution in [0.15, 0.2) is 30.5 Å². The van der Waals surface area contributed by atoms with Crippen LogP contribution in [-0.4, -0.2) is 39.9 Å². The van der Waals surface area contributed by atoms with Gasteiger partial charge in [0, 0.05) is 26.8 Å². The summed E-state index contributed by atoms with van der Waals surface area (Å²) in [6.07, 6.45) is -6.71. The summed E-state index contributed by atoms with van der Waals surface area (Å²) < 4.78 is 67.4. The zero-order chi connectivity index (χ0) is 21.1. The van der Waals surface area contributed by atoms with Gasteiger partial charge in [0.15, 0.2) is 5.69 Å². The first-order chi connectivity index (χ1) is 13.0. The molecule has 0 unspecified atom stereocenters. The van der Waals surface area contributed by atoms with Crippen LogP contribution in [0.4, 0.5) is 27.6 Å². The molecule has 1 heterocycles. The molecule has 2 aromatic rings. The Morgan fingerprint density at radius 3 is 2.61 bits per heavy atom. The van der Waals surface area contributed by atoms with Crippen LogP contribution in [0.2, 0.25) is 0 Å². The maximum Gasteiger partial charge on any atom is 0.573 e. The number of benzene rings is 1. The summed E-state index contributed by atoms with van der Waals surface area (Å²) in [5.74, 6) is -2.75. The van der Waals surface area contributed by atoms with Crippen molar-refractivity contribution in [1.82, 2.24) is 14.7 Å². The van der Waals surface area contributed by atoms with Crippen molar-refractivity contribution in [3.63, 3.8) is 0 Å². The Labute approximate surface area is 155 Å². The third-order valence-electron chi connectivity index (χ3n) is 3.40. The molecule has 0 atom stereocenters. The van der Waals surface area contributed by atoms with E-state index >= 15 is 0 Å². The highest BCUT2D eigenvalue weighted by Gasteiger charge is 2.31. The Kier molecular flexibility index (Phi) is 6.21. The topological polar surface area (TPSA) is 76.5 Å². The lowest BCUT2D eigenvalue weighted by atomic mass is 10.2. The van der Waals surface area contributed by atoms with Gasteiger partial charge in [-0.05, 0) is 17.7 Å². The first-order valence-corrected chi connectivity index (χ1v) is 7.69.